The maximum absolute atomic E-state index is 11.1. The molecule has 0 fully saturated rings. The zero-order valence-corrected chi connectivity index (χ0v) is 14.4. The number of aromatic nitrogens is 1. The Labute approximate surface area is 145 Å². The van der Waals surface area contributed by atoms with Crippen molar-refractivity contribution >= 4 is 22.9 Å². The summed E-state index contributed by atoms with van der Waals surface area (Å²) in [4.78, 5) is 15.8. The van der Waals surface area contributed by atoms with Crippen LogP contribution in [0.25, 0.3) is 11.3 Å². The first-order valence-corrected chi connectivity index (χ1v) is 8.57. The number of aryl methyl sites for hydroxylation is 1. The first-order chi connectivity index (χ1) is 11.5. The molecule has 2 aromatic carbocycles. The lowest BCUT2D eigenvalue weighted by Crippen LogP contribution is -2.12. The van der Waals surface area contributed by atoms with Gasteiger partial charge in [-0.05, 0) is 30.2 Å². The SMILES string of the molecule is CC(=O)Nc1ccc(-c2csc(C(N)c3ccccc3C)n2)cc1. The smallest absolute Gasteiger partial charge is 0.221 e. The topological polar surface area (TPSA) is 68.0 Å². The highest BCUT2D eigenvalue weighted by atomic mass is 32.1. The van der Waals surface area contributed by atoms with E-state index >= 15 is 0 Å². The molecular formula is C19H19N3OS. The molecule has 0 radical (unpaired) electrons. The van der Waals surface area contributed by atoms with E-state index in [2.05, 4.69) is 18.3 Å². The Kier molecular flexibility index (Phi) is 4.74. The van der Waals surface area contributed by atoms with Crippen molar-refractivity contribution in [2.24, 2.45) is 5.73 Å². The van der Waals surface area contributed by atoms with Gasteiger partial charge in [-0.25, -0.2) is 4.98 Å². The Hall–Kier alpha value is -2.50. The fraction of sp³-hybridized carbons (Fsp3) is 0.158. The van der Waals surface area contributed by atoms with Gasteiger partial charge in [0.15, 0.2) is 0 Å². The summed E-state index contributed by atoms with van der Waals surface area (Å²) in [7, 11) is 0. The number of carbonyl (C=O) groups excluding carboxylic acids is 1. The normalized spacial score (nSPS) is 12.0. The summed E-state index contributed by atoms with van der Waals surface area (Å²) < 4.78 is 0. The number of nitrogens with zero attached hydrogens (tertiary/aromatic N) is 1. The number of hydrogen-bond donors (Lipinski definition) is 2. The number of benzene rings is 2. The molecule has 24 heavy (non-hydrogen) atoms. The van der Waals surface area contributed by atoms with E-state index in [1.807, 2.05) is 47.8 Å². The molecule has 3 aromatic rings. The molecule has 0 spiro atoms. The van der Waals surface area contributed by atoms with Crippen LogP contribution < -0.4 is 11.1 Å². The van der Waals surface area contributed by atoms with Gasteiger partial charge in [0.05, 0.1) is 11.7 Å². The molecule has 0 bridgehead atoms. The Balaban J connectivity index is 1.83. The van der Waals surface area contributed by atoms with Crippen molar-refractivity contribution in [3.63, 3.8) is 0 Å². The molecule has 1 unspecified atom stereocenters. The predicted octanol–water partition coefficient (Wildman–Crippen LogP) is 4.13. The van der Waals surface area contributed by atoms with E-state index in [9.17, 15) is 4.79 Å². The third-order valence-corrected chi connectivity index (χ3v) is 4.74. The highest BCUT2D eigenvalue weighted by Gasteiger charge is 2.15. The second kappa shape index (κ2) is 6.95. The molecule has 4 nitrogen and oxygen atoms in total. The van der Waals surface area contributed by atoms with E-state index in [1.165, 1.54) is 12.5 Å². The fourth-order valence-electron chi connectivity index (χ4n) is 2.56. The number of carbonyl (C=O) groups is 1. The van der Waals surface area contributed by atoms with E-state index < -0.39 is 0 Å². The van der Waals surface area contributed by atoms with Gasteiger partial charge in [-0.3, -0.25) is 4.79 Å². The average Bonchev–Trinajstić information content (AvgIpc) is 3.05. The zero-order valence-electron chi connectivity index (χ0n) is 13.6. The lowest BCUT2D eigenvalue weighted by molar-refractivity contribution is -0.114. The van der Waals surface area contributed by atoms with Crippen LogP contribution in [0.3, 0.4) is 0 Å². The molecule has 0 aliphatic rings. The van der Waals surface area contributed by atoms with E-state index in [0.717, 1.165) is 27.5 Å². The van der Waals surface area contributed by atoms with E-state index in [1.54, 1.807) is 11.3 Å². The molecule has 0 aliphatic heterocycles. The van der Waals surface area contributed by atoms with Gasteiger partial charge in [-0.1, -0.05) is 36.4 Å². The summed E-state index contributed by atoms with van der Waals surface area (Å²) in [5.41, 5.74) is 11.3. The zero-order chi connectivity index (χ0) is 17.1. The van der Waals surface area contributed by atoms with Crippen molar-refractivity contribution in [1.82, 2.24) is 4.98 Å². The molecule has 0 saturated carbocycles. The lowest BCUT2D eigenvalue weighted by atomic mass is 10.0. The van der Waals surface area contributed by atoms with Gasteiger partial charge < -0.3 is 11.1 Å². The minimum Gasteiger partial charge on any atom is -0.326 e. The fourth-order valence-corrected chi connectivity index (χ4v) is 3.41. The van der Waals surface area contributed by atoms with Gasteiger partial charge in [0, 0.05) is 23.6 Å². The molecular weight excluding hydrogens is 318 g/mol. The van der Waals surface area contributed by atoms with Crippen LogP contribution in [0.2, 0.25) is 0 Å². The minimum absolute atomic E-state index is 0.0806. The third kappa shape index (κ3) is 3.53. The molecule has 1 amide bonds. The first-order valence-electron chi connectivity index (χ1n) is 7.69. The Morgan fingerprint density at radius 1 is 1.17 bits per heavy atom. The number of nitrogens with two attached hydrogens (primary N) is 1. The third-order valence-electron chi connectivity index (χ3n) is 3.81. The van der Waals surface area contributed by atoms with Crippen molar-refractivity contribution in [3.8, 4) is 11.3 Å². The lowest BCUT2D eigenvalue weighted by Gasteiger charge is -2.11. The van der Waals surface area contributed by atoms with Crippen LogP contribution >= 0.6 is 11.3 Å². The summed E-state index contributed by atoms with van der Waals surface area (Å²) in [6, 6.07) is 15.5. The van der Waals surface area contributed by atoms with E-state index in [0.29, 0.717) is 0 Å². The molecule has 0 aliphatic carbocycles. The number of nitrogens with one attached hydrogen (secondary N) is 1. The second-order valence-corrected chi connectivity index (χ2v) is 6.55. The van der Waals surface area contributed by atoms with Crippen LogP contribution in [-0.2, 0) is 4.79 Å². The van der Waals surface area contributed by atoms with Crippen molar-refractivity contribution in [1.29, 1.82) is 0 Å². The largest absolute Gasteiger partial charge is 0.326 e. The second-order valence-electron chi connectivity index (χ2n) is 5.66. The van der Waals surface area contributed by atoms with Crippen molar-refractivity contribution in [2.75, 3.05) is 5.32 Å². The van der Waals surface area contributed by atoms with Crippen molar-refractivity contribution < 1.29 is 4.79 Å². The predicted molar refractivity (Wildman–Crippen MR) is 99.1 cm³/mol. The highest BCUT2D eigenvalue weighted by Crippen LogP contribution is 2.29. The molecule has 1 heterocycles. The molecule has 0 saturated heterocycles. The standard InChI is InChI=1S/C19H19N3OS/c1-12-5-3-4-6-16(12)18(20)19-22-17(11-24-19)14-7-9-15(10-8-14)21-13(2)23/h3-11,18H,20H2,1-2H3,(H,21,23). The van der Waals surface area contributed by atoms with Gasteiger partial charge in [0.1, 0.15) is 5.01 Å². The highest BCUT2D eigenvalue weighted by molar-refractivity contribution is 7.10. The van der Waals surface area contributed by atoms with Gasteiger partial charge in [-0.15, -0.1) is 11.3 Å². The van der Waals surface area contributed by atoms with Gasteiger partial charge >= 0.3 is 0 Å². The molecule has 3 rings (SSSR count). The van der Waals surface area contributed by atoms with Crippen LogP contribution in [0.15, 0.2) is 53.9 Å². The van der Waals surface area contributed by atoms with Crippen LogP contribution in [0.5, 0.6) is 0 Å². The van der Waals surface area contributed by atoms with Gasteiger partial charge in [-0.2, -0.15) is 0 Å². The molecule has 3 N–H and O–H groups in total. The molecule has 1 atom stereocenters. The van der Waals surface area contributed by atoms with E-state index in [-0.39, 0.29) is 11.9 Å². The maximum atomic E-state index is 11.1. The number of rotatable bonds is 4. The number of anilines is 1. The van der Waals surface area contributed by atoms with E-state index in [4.69, 9.17) is 10.7 Å². The monoisotopic (exact) mass is 337 g/mol. The Morgan fingerprint density at radius 3 is 2.54 bits per heavy atom. The van der Waals surface area contributed by atoms with Crippen molar-refractivity contribution in [3.05, 3.63) is 70.0 Å². The van der Waals surface area contributed by atoms with Crippen LogP contribution in [0.4, 0.5) is 5.69 Å². The molecule has 1 aromatic heterocycles. The number of hydrogen-bond acceptors (Lipinski definition) is 4. The summed E-state index contributed by atoms with van der Waals surface area (Å²) in [5, 5.41) is 5.67. The first kappa shape index (κ1) is 16.4. The van der Waals surface area contributed by atoms with Crippen LogP contribution in [0, 0.1) is 6.92 Å². The summed E-state index contributed by atoms with van der Waals surface area (Å²) in [6.45, 7) is 3.55. The number of amides is 1. The molecule has 5 heteroatoms. The number of thiazole rings is 1. The minimum atomic E-state index is -0.219. The summed E-state index contributed by atoms with van der Waals surface area (Å²) in [5.74, 6) is -0.0806. The maximum Gasteiger partial charge on any atom is 0.221 e. The summed E-state index contributed by atoms with van der Waals surface area (Å²) in [6.07, 6.45) is 0. The quantitative estimate of drug-likeness (QED) is 0.752. The Morgan fingerprint density at radius 2 is 1.88 bits per heavy atom. The van der Waals surface area contributed by atoms with Crippen LogP contribution in [0.1, 0.15) is 29.1 Å². The van der Waals surface area contributed by atoms with Crippen LogP contribution in [-0.4, -0.2) is 10.9 Å². The molecule has 122 valence electrons. The van der Waals surface area contributed by atoms with Gasteiger partial charge in [0.2, 0.25) is 5.91 Å². The van der Waals surface area contributed by atoms with Crippen molar-refractivity contribution in [2.45, 2.75) is 19.9 Å². The summed E-state index contributed by atoms with van der Waals surface area (Å²) >= 11 is 1.57. The van der Waals surface area contributed by atoms with Gasteiger partial charge in [0.25, 0.3) is 0 Å². The Bertz CT molecular complexity index is 855. The average molecular weight is 337 g/mol.